The molecular formula is C15H16F2N2O. The number of hydrazine groups is 1. The number of hydrogen-bond donors (Lipinski definition) is 2. The minimum Gasteiger partial charge on any atom is -0.435 e. The van der Waals surface area contributed by atoms with E-state index in [-0.39, 0.29) is 11.8 Å². The van der Waals surface area contributed by atoms with Gasteiger partial charge in [0.15, 0.2) is 0 Å². The fourth-order valence-corrected chi connectivity index (χ4v) is 2.08. The van der Waals surface area contributed by atoms with Crippen molar-refractivity contribution in [3.05, 3.63) is 65.2 Å². The first-order valence-corrected chi connectivity index (χ1v) is 6.17. The minimum absolute atomic E-state index is 0.128. The molecule has 0 saturated heterocycles. The minimum atomic E-state index is -2.82. The van der Waals surface area contributed by atoms with Crippen LogP contribution < -0.4 is 16.0 Å². The molecule has 0 fully saturated rings. The van der Waals surface area contributed by atoms with Crippen LogP contribution in [0.3, 0.4) is 0 Å². The number of rotatable bonds is 5. The SMILES string of the molecule is Cc1cccc(C(NN)c2ccc(OC(F)F)cc2)c1. The highest BCUT2D eigenvalue weighted by atomic mass is 19.3. The average molecular weight is 278 g/mol. The van der Waals surface area contributed by atoms with Gasteiger partial charge >= 0.3 is 6.61 Å². The molecule has 1 atom stereocenters. The van der Waals surface area contributed by atoms with Crippen LogP contribution in [0, 0.1) is 6.92 Å². The van der Waals surface area contributed by atoms with Crippen molar-refractivity contribution >= 4 is 0 Å². The fraction of sp³-hybridized carbons (Fsp3) is 0.200. The number of halogens is 2. The highest BCUT2D eigenvalue weighted by Gasteiger charge is 2.13. The standard InChI is InChI=1S/C15H16F2N2O/c1-10-3-2-4-12(9-10)14(19-18)11-5-7-13(8-6-11)20-15(16)17/h2-9,14-15,19H,18H2,1H3. The molecule has 0 aromatic heterocycles. The molecule has 0 saturated carbocycles. The molecule has 2 aromatic rings. The monoisotopic (exact) mass is 278 g/mol. The second kappa shape index (κ2) is 6.45. The Kier molecular flexibility index (Phi) is 4.65. The van der Waals surface area contributed by atoms with Crippen LogP contribution in [0.4, 0.5) is 8.78 Å². The predicted molar refractivity (Wildman–Crippen MR) is 73.4 cm³/mol. The van der Waals surface area contributed by atoms with Gasteiger partial charge in [-0.05, 0) is 30.2 Å². The van der Waals surface area contributed by atoms with E-state index >= 15 is 0 Å². The van der Waals surface area contributed by atoms with E-state index in [0.29, 0.717) is 0 Å². The molecule has 106 valence electrons. The van der Waals surface area contributed by atoms with E-state index in [0.717, 1.165) is 16.7 Å². The number of hydrogen-bond acceptors (Lipinski definition) is 3. The van der Waals surface area contributed by atoms with Gasteiger partial charge in [-0.3, -0.25) is 5.84 Å². The quantitative estimate of drug-likeness (QED) is 0.652. The van der Waals surface area contributed by atoms with Gasteiger partial charge in [-0.25, -0.2) is 5.43 Å². The first-order valence-electron chi connectivity index (χ1n) is 6.17. The maximum atomic E-state index is 12.1. The smallest absolute Gasteiger partial charge is 0.387 e. The van der Waals surface area contributed by atoms with Crippen LogP contribution in [-0.4, -0.2) is 6.61 Å². The van der Waals surface area contributed by atoms with Crippen LogP contribution in [0.15, 0.2) is 48.5 Å². The number of aryl methyl sites for hydroxylation is 1. The van der Waals surface area contributed by atoms with Crippen molar-refractivity contribution < 1.29 is 13.5 Å². The third kappa shape index (κ3) is 3.53. The molecule has 2 aromatic carbocycles. The molecule has 0 aliphatic heterocycles. The second-order valence-electron chi connectivity index (χ2n) is 4.46. The van der Waals surface area contributed by atoms with Crippen LogP contribution >= 0.6 is 0 Å². The summed E-state index contributed by atoms with van der Waals surface area (Å²) in [6.07, 6.45) is 0. The molecule has 5 heteroatoms. The van der Waals surface area contributed by atoms with E-state index < -0.39 is 6.61 Å². The summed E-state index contributed by atoms with van der Waals surface area (Å²) in [5.74, 6) is 5.73. The number of ether oxygens (including phenoxy) is 1. The summed E-state index contributed by atoms with van der Waals surface area (Å²) in [7, 11) is 0. The Hall–Kier alpha value is -1.98. The lowest BCUT2D eigenvalue weighted by Crippen LogP contribution is -2.28. The highest BCUT2D eigenvalue weighted by Crippen LogP contribution is 2.24. The third-order valence-corrected chi connectivity index (χ3v) is 2.98. The fourth-order valence-electron chi connectivity index (χ4n) is 2.08. The van der Waals surface area contributed by atoms with E-state index in [2.05, 4.69) is 10.2 Å². The Labute approximate surface area is 116 Å². The van der Waals surface area contributed by atoms with Gasteiger partial charge in [0, 0.05) is 0 Å². The van der Waals surface area contributed by atoms with Crippen molar-refractivity contribution in [2.75, 3.05) is 0 Å². The largest absolute Gasteiger partial charge is 0.435 e. The molecule has 20 heavy (non-hydrogen) atoms. The van der Waals surface area contributed by atoms with Gasteiger partial charge in [-0.2, -0.15) is 8.78 Å². The average Bonchev–Trinajstić information content (AvgIpc) is 2.41. The van der Waals surface area contributed by atoms with Crippen molar-refractivity contribution in [2.24, 2.45) is 5.84 Å². The van der Waals surface area contributed by atoms with Crippen LogP contribution in [0.1, 0.15) is 22.7 Å². The molecular weight excluding hydrogens is 262 g/mol. The van der Waals surface area contributed by atoms with Gasteiger partial charge in [0.1, 0.15) is 5.75 Å². The van der Waals surface area contributed by atoms with E-state index in [1.54, 1.807) is 12.1 Å². The number of nitrogens with one attached hydrogen (secondary N) is 1. The van der Waals surface area contributed by atoms with Gasteiger partial charge in [0.05, 0.1) is 6.04 Å². The van der Waals surface area contributed by atoms with Crippen molar-refractivity contribution in [3.63, 3.8) is 0 Å². The van der Waals surface area contributed by atoms with Gasteiger partial charge in [-0.1, -0.05) is 42.0 Å². The van der Waals surface area contributed by atoms with Crippen molar-refractivity contribution in [1.82, 2.24) is 5.43 Å². The molecule has 1 unspecified atom stereocenters. The summed E-state index contributed by atoms with van der Waals surface area (Å²) in [5, 5.41) is 0. The summed E-state index contributed by atoms with van der Waals surface area (Å²) in [5.41, 5.74) is 5.74. The van der Waals surface area contributed by atoms with Crippen LogP contribution in [0.25, 0.3) is 0 Å². The maximum Gasteiger partial charge on any atom is 0.387 e. The number of benzene rings is 2. The van der Waals surface area contributed by atoms with Crippen LogP contribution in [-0.2, 0) is 0 Å². The van der Waals surface area contributed by atoms with Gasteiger partial charge in [0.2, 0.25) is 0 Å². The maximum absolute atomic E-state index is 12.1. The second-order valence-corrected chi connectivity index (χ2v) is 4.46. The van der Waals surface area contributed by atoms with Gasteiger partial charge < -0.3 is 4.74 Å². The molecule has 3 nitrogen and oxygen atoms in total. The molecule has 3 N–H and O–H groups in total. The number of alkyl halides is 2. The van der Waals surface area contributed by atoms with Crippen LogP contribution in [0.2, 0.25) is 0 Å². The summed E-state index contributed by atoms with van der Waals surface area (Å²) >= 11 is 0. The summed E-state index contributed by atoms with van der Waals surface area (Å²) in [6.45, 7) is -0.822. The van der Waals surface area contributed by atoms with E-state index in [9.17, 15) is 8.78 Å². The topological polar surface area (TPSA) is 47.3 Å². The molecule has 2 rings (SSSR count). The van der Waals surface area contributed by atoms with Crippen molar-refractivity contribution in [2.45, 2.75) is 19.6 Å². The molecule has 0 heterocycles. The summed E-state index contributed by atoms with van der Waals surface area (Å²) in [4.78, 5) is 0. The van der Waals surface area contributed by atoms with E-state index in [1.807, 2.05) is 31.2 Å². The Morgan fingerprint density at radius 2 is 1.75 bits per heavy atom. The molecule has 0 bridgehead atoms. The Morgan fingerprint density at radius 1 is 1.05 bits per heavy atom. The van der Waals surface area contributed by atoms with Gasteiger partial charge in [0.25, 0.3) is 0 Å². The van der Waals surface area contributed by atoms with Crippen LogP contribution in [0.5, 0.6) is 5.75 Å². The lowest BCUT2D eigenvalue weighted by atomic mass is 9.98. The third-order valence-electron chi connectivity index (χ3n) is 2.98. The first kappa shape index (κ1) is 14.4. The normalized spacial score (nSPS) is 12.4. The zero-order valence-corrected chi connectivity index (χ0v) is 11.0. The number of nitrogens with two attached hydrogens (primary N) is 1. The van der Waals surface area contributed by atoms with E-state index in [1.165, 1.54) is 12.1 Å². The van der Waals surface area contributed by atoms with Crippen molar-refractivity contribution in [3.8, 4) is 5.75 Å². The Balaban J connectivity index is 2.23. The Bertz CT molecular complexity index is 558. The molecule has 0 radical (unpaired) electrons. The summed E-state index contributed by atoms with van der Waals surface area (Å²) < 4.78 is 28.5. The predicted octanol–water partition coefficient (Wildman–Crippen LogP) is 3.15. The molecule has 0 aliphatic carbocycles. The lowest BCUT2D eigenvalue weighted by Gasteiger charge is -2.18. The highest BCUT2D eigenvalue weighted by molar-refractivity contribution is 5.36. The zero-order chi connectivity index (χ0) is 14.5. The van der Waals surface area contributed by atoms with E-state index in [4.69, 9.17) is 5.84 Å². The first-order chi connectivity index (χ1) is 9.60. The Morgan fingerprint density at radius 3 is 2.30 bits per heavy atom. The molecule has 0 aliphatic rings. The lowest BCUT2D eigenvalue weighted by molar-refractivity contribution is -0.0498. The van der Waals surface area contributed by atoms with Gasteiger partial charge in [-0.15, -0.1) is 0 Å². The summed E-state index contributed by atoms with van der Waals surface area (Å²) in [6, 6.07) is 14.2. The van der Waals surface area contributed by atoms with Crippen molar-refractivity contribution in [1.29, 1.82) is 0 Å². The molecule has 0 spiro atoms. The zero-order valence-electron chi connectivity index (χ0n) is 11.0. The molecule has 0 amide bonds.